The third-order valence-electron chi connectivity index (χ3n) is 2.37. The number of amides is 1. The molecule has 108 valence electrons. The first kappa shape index (κ1) is 16.1. The second-order valence-electron chi connectivity index (χ2n) is 4.94. The van der Waals surface area contributed by atoms with Gasteiger partial charge in [-0.15, -0.1) is 11.3 Å². The van der Waals surface area contributed by atoms with Crippen LogP contribution in [0.15, 0.2) is 0 Å². The summed E-state index contributed by atoms with van der Waals surface area (Å²) in [5.74, 6) is 0.246. The molecule has 1 unspecified atom stereocenters. The standard InChI is InChI=1S/C13H22N2O3S/c1-8(2)6-18-7-11(16)5-14-13(17)12-9(3)15-10(4)19-12/h8,11,16H,5-7H2,1-4H3,(H,14,17). The zero-order valence-corrected chi connectivity index (χ0v) is 12.7. The van der Waals surface area contributed by atoms with E-state index in [1.807, 2.05) is 20.8 Å². The molecule has 1 amide bonds. The Morgan fingerprint density at radius 1 is 1.42 bits per heavy atom. The van der Waals surface area contributed by atoms with E-state index in [1.54, 1.807) is 6.92 Å². The number of carbonyl (C=O) groups is 1. The lowest BCUT2D eigenvalue weighted by atomic mass is 10.2. The molecule has 0 spiro atoms. The van der Waals surface area contributed by atoms with E-state index in [0.29, 0.717) is 17.4 Å². The normalized spacial score (nSPS) is 12.7. The van der Waals surface area contributed by atoms with Crippen LogP contribution < -0.4 is 5.32 Å². The maximum Gasteiger partial charge on any atom is 0.263 e. The molecular formula is C13H22N2O3S. The minimum absolute atomic E-state index is 0.188. The second kappa shape index (κ2) is 7.57. The van der Waals surface area contributed by atoms with Gasteiger partial charge in [-0.25, -0.2) is 4.98 Å². The van der Waals surface area contributed by atoms with Crippen LogP contribution in [0.2, 0.25) is 0 Å². The lowest BCUT2D eigenvalue weighted by Crippen LogP contribution is -2.34. The Labute approximate surface area is 118 Å². The average molecular weight is 286 g/mol. The van der Waals surface area contributed by atoms with Gasteiger partial charge in [0.1, 0.15) is 4.88 Å². The second-order valence-corrected chi connectivity index (χ2v) is 6.15. The molecule has 0 aliphatic heterocycles. The Kier molecular flexibility index (Phi) is 6.41. The van der Waals surface area contributed by atoms with Crippen LogP contribution in [0.3, 0.4) is 0 Å². The largest absolute Gasteiger partial charge is 0.389 e. The number of carbonyl (C=O) groups excluding carboxylic acids is 1. The van der Waals surface area contributed by atoms with Gasteiger partial charge in [-0.1, -0.05) is 13.8 Å². The van der Waals surface area contributed by atoms with Gasteiger partial charge in [-0.3, -0.25) is 4.79 Å². The lowest BCUT2D eigenvalue weighted by Gasteiger charge is -2.13. The van der Waals surface area contributed by atoms with Crippen LogP contribution >= 0.6 is 11.3 Å². The van der Waals surface area contributed by atoms with Gasteiger partial charge in [-0.2, -0.15) is 0 Å². The third-order valence-corrected chi connectivity index (χ3v) is 3.44. The number of aryl methyl sites for hydroxylation is 2. The Balaban J connectivity index is 2.32. The van der Waals surface area contributed by atoms with E-state index in [9.17, 15) is 9.90 Å². The first-order valence-electron chi connectivity index (χ1n) is 6.38. The Hall–Kier alpha value is -0.980. The number of thiazole rings is 1. The molecule has 5 nitrogen and oxygen atoms in total. The molecule has 1 aromatic rings. The van der Waals surface area contributed by atoms with Crippen molar-refractivity contribution < 1.29 is 14.6 Å². The fraction of sp³-hybridized carbons (Fsp3) is 0.692. The molecular weight excluding hydrogens is 264 g/mol. The van der Waals surface area contributed by atoms with Gasteiger partial charge in [0.25, 0.3) is 5.91 Å². The Bertz CT molecular complexity index is 418. The van der Waals surface area contributed by atoms with Crippen LogP contribution in [0.25, 0.3) is 0 Å². The molecule has 0 fully saturated rings. The molecule has 0 saturated carbocycles. The molecule has 0 saturated heterocycles. The van der Waals surface area contributed by atoms with Gasteiger partial charge in [0.05, 0.1) is 23.4 Å². The molecule has 0 bridgehead atoms. The average Bonchev–Trinajstić information content (AvgIpc) is 2.65. The fourth-order valence-electron chi connectivity index (χ4n) is 1.53. The van der Waals surface area contributed by atoms with Crippen LogP contribution in [0.5, 0.6) is 0 Å². The van der Waals surface area contributed by atoms with Crippen molar-refractivity contribution in [3.8, 4) is 0 Å². The van der Waals surface area contributed by atoms with Gasteiger partial charge >= 0.3 is 0 Å². The van der Waals surface area contributed by atoms with Crippen molar-refractivity contribution in [2.45, 2.75) is 33.8 Å². The zero-order chi connectivity index (χ0) is 14.4. The van der Waals surface area contributed by atoms with E-state index in [1.165, 1.54) is 11.3 Å². The van der Waals surface area contributed by atoms with Gasteiger partial charge in [-0.05, 0) is 19.8 Å². The minimum Gasteiger partial charge on any atom is -0.389 e. The highest BCUT2D eigenvalue weighted by atomic mass is 32.1. The number of rotatable bonds is 7. The first-order valence-corrected chi connectivity index (χ1v) is 7.19. The van der Waals surface area contributed by atoms with Crippen molar-refractivity contribution in [2.24, 2.45) is 5.92 Å². The maximum absolute atomic E-state index is 11.9. The van der Waals surface area contributed by atoms with E-state index in [-0.39, 0.29) is 19.1 Å². The van der Waals surface area contributed by atoms with Crippen LogP contribution in [0, 0.1) is 19.8 Å². The number of aromatic nitrogens is 1. The first-order chi connectivity index (χ1) is 8.90. The number of ether oxygens (including phenoxy) is 1. The molecule has 1 aromatic heterocycles. The molecule has 0 aliphatic rings. The Morgan fingerprint density at radius 2 is 2.11 bits per heavy atom. The summed E-state index contributed by atoms with van der Waals surface area (Å²) in [5.41, 5.74) is 0.727. The van der Waals surface area contributed by atoms with E-state index >= 15 is 0 Å². The molecule has 1 rings (SSSR count). The quantitative estimate of drug-likeness (QED) is 0.797. The fourth-order valence-corrected chi connectivity index (χ4v) is 2.37. The summed E-state index contributed by atoms with van der Waals surface area (Å²) in [6.07, 6.45) is -0.683. The summed E-state index contributed by atoms with van der Waals surface area (Å²) in [5, 5.41) is 13.2. The van der Waals surface area contributed by atoms with Gasteiger partial charge < -0.3 is 15.2 Å². The maximum atomic E-state index is 11.9. The number of hydrogen-bond acceptors (Lipinski definition) is 5. The van der Waals surface area contributed by atoms with Crippen LogP contribution in [0.4, 0.5) is 0 Å². The van der Waals surface area contributed by atoms with Crippen LogP contribution in [-0.4, -0.2) is 41.9 Å². The van der Waals surface area contributed by atoms with Crippen LogP contribution in [-0.2, 0) is 4.74 Å². The van der Waals surface area contributed by atoms with E-state index < -0.39 is 6.10 Å². The predicted octanol–water partition coefficient (Wildman–Crippen LogP) is 1.52. The molecule has 0 aliphatic carbocycles. The molecule has 1 atom stereocenters. The number of hydrogen-bond donors (Lipinski definition) is 2. The van der Waals surface area contributed by atoms with Crippen molar-refractivity contribution in [3.63, 3.8) is 0 Å². The van der Waals surface area contributed by atoms with Gasteiger partial charge in [0.2, 0.25) is 0 Å². The summed E-state index contributed by atoms with van der Waals surface area (Å²) in [7, 11) is 0. The van der Waals surface area contributed by atoms with Gasteiger partial charge in [0, 0.05) is 13.2 Å². The molecule has 0 radical (unpaired) electrons. The number of nitrogens with zero attached hydrogens (tertiary/aromatic N) is 1. The molecule has 19 heavy (non-hydrogen) atoms. The number of nitrogens with one attached hydrogen (secondary N) is 1. The zero-order valence-electron chi connectivity index (χ0n) is 11.9. The number of aliphatic hydroxyl groups excluding tert-OH is 1. The van der Waals surface area contributed by atoms with E-state index in [4.69, 9.17) is 4.74 Å². The molecule has 1 heterocycles. The molecule has 6 heteroatoms. The third kappa shape index (κ3) is 5.67. The summed E-state index contributed by atoms with van der Waals surface area (Å²) in [4.78, 5) is 16.7. The SMILES string of the molecule is Cc1nc(C)c(C(=O)NCC(O)COCC(C)C)s1. The molecule has 0 aromatic carbocycles. The summed E-state index contributed by atoms with van der Waals surface area (Å²) < 4.78 is 5.31. The monoisotopic (exact) mass is 286 g/mol. The van der Waals surface area contributed by atoms with Crippen molar-refractivity contribution in [3.05, 3.63) is 15.6 Å². The summed E-state index contributed by atoms with van der Waals surface area (Å²) in [6, 6.07) is 0. The lowest BCUT2D eigenvalue weighted by molar-refractivity contribution is 0.0259. The van der Waals surface area contributed by atoms with Crippen LogP contribution in [0.1, 0.15) is 34.2 Å². The highest BCUT2D eigenvalue weighted by molar-refractivity contribution is 7.13. The van der Waals surface area contributed by atoms with Crippen molar-refractivity contribution in [1.29, 1.82) is 0 Å². The highest BCUT2D eigenvalue weighted by Crippen LogP contribution is 2.16. The summed E-state index contributed by atoms with van der Waals surface area (Å²) >= 11 is 1.36. The molecule has 2 N–H and O–H groups in total. The summed E-state index contributed by atoms with van der Waals surface area (Å²) in [6.45, 7) is 8.79. The van der Waals surface area contributed by atoms with Crippen molar-refractivity contribution in [1.82, 2.24) is 10.3 Å². The minimum atomic E-state index is -0.683. The Morgan fingerprint density at radius 3 is 2.63 bits per heavy atom. The van der Waals surface area contributed by atoms with Crippen molar-refractivity contribution >= 4 is 17.2 Å². The highest BCUT2D eigenvalue weighted by Gasteiger charge is 2.14. The smallest absolute Gasteiger partial charge is 0.263 e. The predicted molar refractivity (Wildman–Crippen MR) is 75.6 cm³/mol. The van der Waals surface area contributed by atoms with E-state index in [2.05, 4.69) is 10.3 Å². The van der Waals surface area contributed by atoms with Crippen molar-refractivity contribution in [2.75, 3.05) is 19.8 Å². The number of aliphatic hydroxyl groups is 1. The van der Waals surface area contributed by atoms with E-state index in [0.717, 1.165) is 10.7 Å². The van der Waals surface area contributed by atoms with Gasteiger partial charge in [0.15, 0.2) is 0 Å². The topological polar surface area (TPSA) is 71.5 Å².